The summed E-state index contributed by atoms with van der Waals surface area (Å²) in [4.78, 5) is 8.12. The number of aliphatic imine (C=N–C) groups is 1. The van der Waals surface area contributed by atoms with Crippen LogP contribution in [0.3, 0.4) is 0 Å². The van der Waals surface area contributed by atoms with Crippen molar-refractivity contribution in [3.05, 3.63) is 48.0 Å². The third-order valence-electron chi connectivity index (χ3n) is 4.60. The lowest BCUT2D eigenvalue weighted by atomic mass is 9.93. The molecule has 0 saturated heterocycles. The number of nitrogens with zero attached hydrogens (tertiary/aromatic N) is 4. The van der Waals surface area contributed by atoms with Crippen LogP contribution in [0.2, 0.25) is 0 Å². The second-order valence-corrected chi connectivity index (χ2v) is 6.39. The van der Waals surface area contributed by atoms with E-state index < -0.39 is 18.3 Å². The van der Waals surface area contributed by atoms with Gasteiger partial charge in [-0.25, -0.2) is 9.67 Å². The van der Waals surface area contributed by atoms with Gasteiger partial charge in [-0.1, -0.05) is 30.3 Å². The highest BCUT2D eigenvalue weighted by Gasteiger charge is 2.55. The minimum absolute atomic E-state index is 0. The summed E-state index contributed by atoms with van der Waals surface area (Å²) in [6, 6.07) is 6.95. The van der Waals surface area contributed by atoms with Gasteiger partial charge in [-0.15, -0.1) is 24.0 Å². The van der Waals surface area contributed by atoms with Crippen LogP contribution in [0.5, 0.6) is 0 Å². The van der Waals surface area contributed by atoms with Gasteiger partial charge < -0.3 is 15.7 Å². The van der Waals surface area contributed by atoms with Gasteiger partial charge in [0.05, 0.1) is 13.1 Å². The average molecular weight is 510 g/mol. The topological polar surface area (TPSA) is 87.4 Å². The Labute approximate surface area is 177 Å². The highest BCUT2D eigenvalue weighted by atomic mass is 127. The summed E-state index contributed by atoms with van der Waals surface area (Å²) in [5.41, 5.74) is -3.26. The molecule has 1 aromatic carbocycles. The molecule has 3 N–H and O–H groups in total. The van der Waals surface area contributed by atoms with Gasteiger partial charge >= 0.3 is 6.18 Å². The van der Waals surface area contributed by atoms with E-state index in [4.69, 9.17) is 0 Å². The Morgan fingerprint density at radius 1 is 1.32 bits per heavy atom. The molecule has 11 heteroatoms. The molecule has 3 rings (SSSR count). The van der Waals surface area contributed by atoms with Crippen LogP contribution in [0.25, 0.3) is 0 Å². The van der Waals surface area contributed by atoms with E-state index in [1.165, 1.54) is 37.6 Å². The molecule has 1 aromatic heterocycles. The molecule has 0 spiro atoms. The Morgan fingerprint density at radius 2 is 2.04 bits per heavy atom. The standard InChI is InChI=1S/C17H21F3N6O.HI/c1-21-15(25-13-7-8-14-23-11-24-26(14)9-13)22-10-16(27,17(18,19)20)12-5-3-2-4-6-12;/h2-6,11,13,27H,7-10H2,1H3,(H2,21,22,25);1H. The lowest BCUT2D eigenvalue weighted by Gasteiger charge is -2.32. The van der Waals surface area contributed by atoms with Gasteiger partial charge in [0.15, 0.2) is 5.96 Å². The molecule has 154 valence electrons. The first-order chi connectivity index (χ1) is 12.8. The molecule has 0 fully saturated rings. The Kier molecular flexibility index (Phi) is 7.26. The van der Waals surface area contributed by atoms with Gasteiger partial charge in [0, 0.05) is 19.5 Å². The van der Waals surface area contributed by atoms with Gasteiger partial charge in [-0.3, -0.25) is 4.99 Å². The first-order valence-electron chi connectivity index (χ1n) is 8.52. The molecule has 2 unspecified atom stereocenters. The summed E-state index contributed by atoms with van der Waals surface area (Å²) in [5.74, 6) is 1.06. The zero-order valence-electron chi connectivity index (χ0n) is 15.1. The molecule has 28 heavy (non-hydrogen) atoms. The second kappa shape index (κ2) is 9.07. The van der Waals surface area contributed by atoms with E-state index in [0.29, 0.717) is 13.0 Å². The predicted octanol–water partition coefficient (Wildman–Crippen LogP) is 1.83. The van der Waals surface area contributed by atoms with Crippen LogP contribution < -0.4 is 10.6 Å². The van der Waals surface area contributed by atoms with Gasteiger partial charge in [-0.2, -0.15) is 18.3 Å². The maximum atomic E-state index is 13.6. The molecular weight excluding hydrogens is 488 g/mol. The van der Waals surface area contributed by atoms with Crippen LogP contribution in [-0.4, -0.2) is 51.6 Å². The zero-order chi connectivity index (χ0) is 19.5. The average Bonchev–Trinajstić information content (AvgIpc) is 3.12. The van der Waals surface area contributed by atoms with Crippen molar-refractivity contribution >= 4 is 29.9 Å². The van der Waals surface area contributed by atoms with E-state index in [0.717, 1.165) is 12.2 Å². The summed E-state index contributed by atoms with van der Waals surface area (Å²) < 4.78 is 42.4. The first kappa shape index (κ1) is 22.4. The Balaban J connectivity index is 0.00000280. The molecule has 2 atom stereocenters. The molecule has 2 aromatic rings. The van der Waals surface area contributed by atoms with E-state index in [9.17, 15) is 18.3 Å². The summed E-state index contributed by atoms with van der Waals surface area (Å²) in [6.45, 7) is -0.222. The van der Waals surface area contributed by atoms with Crippen LogP contribution in [0.4, 0.5) is 13.2 Å². The van der Waals surface area contributed by atoms with Crippen LogP contribution in [-0.2, 0) is 18.6 Å². The van der Waals surface area contributed by atoms with Crippen molar-refractivity contribution in [1.29, 1.82) is 0 Å². The smallest absolute Gasteiger partial charge is 0.375 e. The van der Waals surface area contributed by atoms with Crippen molar-refractivity contribution in [1.82, 2.24) is 25.4 Å². The molecule has 0 radical (unpaired) electrons. The van der Waals surface area contributed by atoms with Crippen molar-refractivity contribution in [3.63, 3.8) is 0 Å². The van der Waals surface area contributed by atoms with Crippen LogP contribution in [0.1, 0.15) is 17.8 Å². The van der Waals surface area contributed by atoms with Crippen LogP contribution >= 0.6 is 24.0 Å². The van der Waals surface area contributed by atoms with Crippen LogP contribution in [0, 0.1) is 0 Å². The summed E-state index contributed by atoms with van der Waals surface area (Å²) >= 11 is 0. The summed E-state index contributed by atoms with van der Waals surface area (Å²) in [5, 5.41) is 20.2. The number of nitrogens with one attached hydrogen (secondary N) is 2. The Morgan fingerprint density at radius 3 is 2.68 bits per heavy atom. The van der Waals surface area contributed by atoms with Crippen molar-refractivity contribution in [2.75, 3.05) is 13.6 Å². The van der Waals surface area contributed by atoms with Gasteiger partial charge in [0.2, 0.25) is 5.60 Å². The Bertz CT molecular complexity index is 798. The number of fused-ring (bicyclic) bond motifs is 1. The van der Waals surface area contributed by atoms with Crippen molar-refractivity contribution in [2.24, 2.45) is 4.99 Å². The number of aromatic nitrogens is 3. The fourth-order valence-corrected chi connectivity index (χ4v) is 3.03. The summed E-state index contributed by atoms with van der Waals surface area (Å²) in [6.07, 6.45) is -1.90. The van der Waals surface area contributed by atoms with Crippen LogP contribution in [0.15, 0.2) is 41.7 Å². The molecule has 1 aliphatic heterocycles. The molecule has 1 aliphatic rings. The maximum Gasteiger partial charge on any atom is 0.423 e. The molecule has 0 saturated carbocycles. The van der Waals surface area contributed by atoms with Gasteiger partial charge in [-0.05, 0) is 12.0 Å². The minimum Gasteiger partial charge on any atom is -0.375 e. The molecular formula is C17H22F3IN6O. The molecule has 0 bridgehead atoms. The predicted molar refractivity (Wildman–Crippen MR) is 108 cm³/mol. The number of hydrogen-bond acceptors (Lipinski definition) is 4. The number of aliphatic hydroxyl groups is 1. The fourth-order valence-electron chi connectivity index (χ4n) is 3.03. The van der Waals surface area contributed by atoms with E-state index in [-0.39, 0.29) is 41.5 Å². The molecule has 0 amide bonds. The highest BCUT2D eigenvalue weighted by Crippen LogP contribution is 2.38. The van der Waals surface area contributed by atoms with Crippen molar-refractivity contribution in [3.8, 4) is 0 Å². The van der Waals surface area contributed by atoms with E-state index in [1.54, 1.807) is 10.7 Å². The number of guanidine groups is 1. The highest BCUT2D eigenvalue weighted by molar-refractivity contribution is 14.0. The maximum absolute atomic E-state index is 13.6. The minimum atomic E-state index is -4.85. The van der Waals surface area contributed by atoms with Gasteiger partial charge in [0.25, 0.3) is 0 Å². The SMILES string of the molecule is CN=C(NCC(O)(c1ccccc1)C(F)(F)F)NC1CCc2ncnn2C1.I. The molecule has 0 aliphatic carbocycles. The zero-order valence-corrected chi connectivity index (χ0v) is 17.5. The third kappa shape index (κ3) is 4.74. The quantitative estimate of drug-likeness (QED) is 0.332. The summed E-state index contributed by atoms with van der Waals surface area (Å²) in [7, 11) is 1.47. The van der Waals surface area contributed by atoms with E-state index in [1.807, 2.05) is 0 Å². The number of benzene rings is 1. The molecule has 2 heterocycles. The van der Waals surface area contributed by atoms with E-state index in [2.05, 4.69) is 25.7 Å². The second-order valence-electron chi connectivity index (χ2n) is 6.39. The fraction of sp³-hybridized carbons (Fsp3) is 0.471. The third-order valence-corrected chi connectivity index (χ3v) is 4.60. The van der Waals surface area contributed by atoms with Crippen molar-refractivity contribution < 1.29 is 18.3 Å². The molecule has 7 nitrogen and oxygen atoms in total. The lowest BCUT2D eigenvalue weighted by Crippen LogP contribution is -2.54. The normalized spacial score (nSPS) is 19.2. The Hall–Kier alpha value is -1.89. The monoisotopic (exact) mass is 510 g/mol. The largest absolute Gasteiger partial charge is 0.423 e. The number of hydrogen-bond donors (Lipinski definition) is 3. The van der Waals surface area contributed by atoms with Gasteiger partial charge in [0.1, 0.15) is 12.2 Å². The number of halogens is 4. The number of alkyl halides is 3. The number of aryl methyl sites for hydroxylation is 1. The first-order valence-corrected chi connectivity index (χ1v) is 8.52. The number of rotatable bonds is 4. The lowest BCUT2D eigenvalue weighted by molar-refractivity contribution is -0.263. The van der Waals surface area contributed by atoms with Crippen molar-refractivity contribution in [2.45, 2.75) is 37.2 Å². The van der Waals surface area contributed by atoms with E-state index >= 15 is 0 Å².